The fourth-order valence-corrected chi connectivity index (χ4v) is 1.86. The summed E-state index contributed by atoms with van der Waals surface area (Å²) in [6, 6.07) is 8.50. The van der Waals surface area contributed by atoms with Gasteiger partial charge in [-0.3, -0.25) is 4.79 Å². The van der Waals surface area contributed by atoms with Gasteiger partial charge in [0.15, 0.2) is 0 Å². The van der Waals surface area contributed by atoms with E-state index in [1.54, 1.807) is 6.92 Å². The molecule has 3 heteroatoms. The number of unbranched alkanes of at least 4 members (excludes halogenated alkanes) is 2. The summed E-state index contributed by atoms with van der Waals surface area (Å²) in [6.45, 7) is 4.04. The summed E-state index contributed by atoms with van der Waals surface area (Å²) >= 11 is 0. The number of carbonyl (C=O) groups is 2. The van der Waals surface area contributed by atoms with Crippen LogP contribution >= 0.6 is 0 Å². The second kappa shape index (κ2) is 8.46. The van der Waals surface area contributed by atoms with E-state index in [4.69, 9.17) is 0 Å². The molecule has 0 bridgehead atoms. The zero-order valence-corrected chi connectivity index (χ0v) is 11.8. The summed E-state index contributed by atoms with van der Waals surface area (Å²) in [4.78, 5) is 22.4. The molecule has 0 saturated heterocycles. The lowest BCUT2D eigenvalue weighted by Crippen LogP contribution is -2.16. The first-order valence-corrected chi connectivity index (χ1v) is 6.89. The predicted molar refractivity (Wildman–Crippen MR) is 75.0 cm³/mol. The van der Waals surface area contributed by atoms with Crippen molar-refractivity contribution in [3.05, 3.63) is 35.4 Å². The monoisotopic (exact) mass is 262 g/mol. The molecule has 0 amide bonds. The number of ketones is 1. The van der Waals surface area contributed by atoms with E-state index < -0.39 is 11.8 Å². The number of Topliss-reactive ketones (excluding diaryl/α,β-unsaturated/α-hetero) is 1. The van der Waals surface area contributed by atoms with Gasteiger partial charge < -0.3 is 4.74 Å². The molecule has 0 unspecified atom stereocenters. The molecule has 0 atom stereocenters. The molecule has 3 nitrogen and oxygen atoms in total. The van der Waals surface area contributed by atoms with E-state index in [-0.39, 0.29) is 6.61 Å². The van der Waals surface area contributed by atoms with Gasteiger partial charge in [-0.15, -0.1) is 0 Å². The number of hydrogen-bond donors (Lipinski definition) is 0. The molecule has 19 heavy (non-hydrogen) atoms. The van der Waals surface area contributed by atoms with Crippen LogP contribution in [0.25, 0.3) is 0 Å². The van der Waals surface area contributed by atoms with E-state index in [9.17, 15) is 9.59 Å². The van der Waals surface area contributed by atoms with Crippen LogP contribution in [0.3, 0.4) is 0 Å². The number of rotatable bonds is 8. The van der Waals surface area contributed by atoms with Crippen molar-refractivity contribution in [3.63, 3.8) is 0 Å². The minimum absolute atomic E-state index is 0.262. The van der Waals surface area contributed by atoms with Crippen molar-refractivity contribution in [2.75, 3.05) is 6.61 Å². The first-order chi connectivity index (χ1) is 9.13. The molecular formula is C16H22O3. The molecule has 0 saturated carbocycles. The van der Waals surface area contributed by atoms with E-state index in [1.807, 2.05) is 0 Å². The van der Waals surface area contributed by atoms with Gasteiger partial charge in [0.1, 0.15) is 0 Å². The fourth-order valence-electron chi connectivity index (χ4n) is 1.86. The average molecular weight is 262 g/mol. The maximum absolute atomic E-state index is 11.3. The van der Waals surface area contributed by atoms with Crippen molar-refractivity contribution in [2.24, 2.45) is 0 Å². The first kappa shape index (κ1) is 15.4. The Kier molecular flexibility index (Phi) is 6.86. The molecule has 1 aromatic carbocycles. The topological polar surface area (TPSA) is 43.4 Å². The Morgan fingerprint density at radius 2 is 1.74 bits per heavy atom. The number of benzene rings is 1. The van der Waals surface area contributed by atoms with Crippen molar-refractivity contribution >= 4 is 11.8 Å². The summed E-state index contributed by atoms with van der Waals surface area (Å²) in [7, 11) is 0. The molecule has 0 spiro atoms. The van der Waals surface area contributed by atoms with Gasteiger partial charge in [-0.25, -0.2) is 4.79 Å². The third-order valence-electron chi connectivity index (χ3n) is 2.99. The van der Waals surface area contributed by atoms with Crippen LogP contribution in [-0.4, -0.2) is 18.4 Å². The number of hydrogen-bond acceptors (Lipinski definition) is 3. The quantitative estimate of drug-likeness (QED) is 0.410. The second-order valence-corrected chi connectivity index (χ2v) is 4.69. The van der Waals surface area contributed by atoms with Crippen molar-refractivity contribution < 1.29 is 14.3 Å². The molecule has 0 aromatic heterocycles. The molecule has 0 aliphatic carbocycles. The molecule has 1 aromatic rings. The van der Waals surface area contributed by atoms with Crippen LogP contribution in [0.2, 0.25) is 0 Å². The van der Waals surface area contributed by atoms with E-state index in [0.717, 1.165) is 25.7 Å². The number of esters is 1. The zero-order chi connectivity index (χ0) is 14.1. The summed E-state index contributed by atoms with van der Waals surface area (Å²) in [5.41, 5.74) is 2.59. The predicted octanol–water partition coefficient (Wildman–Crippen LogP) is 3.23. The van der Waals surface area contributed by atoms with Crippen LogP contribution in [0.15, 0.2) is 24.3 Å². The van der Waals surface area contributed by atoms with Crippen molar-refractivity contribution in [3.8, 4) is 0 Å². The number of carbonyl (C=O) groups excluding carboxylic acids is 2. The van der Waals surface area contributed by atoms with Crippen LogP contribution < -0.4 is 0 Å². The molecule has 0 aliphatic heterocycles. The summed E-state index contributed by atoms with van der Waals surface area (Å²) < 4.78 is 4.65. The lowest BCUT2D eigenvalue weighted by atomic mass is 10.0. The lowest BCUT2D eigenvalue weighted by Gasteiger charge is -2.03. The van der Waals surface area contributed by atoms with E-state index in [1.165, 1.54) is 11.1 Å². The highest BCUT2D eigenvalue weighted by atomic mass is 16.5. The molecule has 0 N–H and O–H groups in total. The van der Waals surface area contributed by atoms with Crippen molar-refractivity contribution in [2.45, 2.75) is 46.0 Å². The standard InChI is InChI=1S/C16H22O3/c1-3-19-16(18)15(17)8-6-4-5-7-14-11-9-13(2)10-12-14/h9-12H,3-8H2,1-2H3. The van der Waals surface area contributed by atoms with E-state index in [0.29, 0.717) is 6.42 Å². The second-order valence-electron chi connectivity index (χ2n) is 4.69. The molecule has 0 aliphatic rings. The van der Waals surface area contributed by atoms with Gasteiger partial charge in [-0.1, -0.05) is 36.2 Å². The molecule has 0 fully saturated rings. The van der Waals surface area contributed by atoms with E-state index >= 15 is 0 Å². The Morgan fingerprint density at radius 3 is 2.37 bits per heavy atom. The highest BCUT2D eigenvalue weighted by Gasteiger charge is 2.13. The summed E-state index contributed by atoms with van der Waals surface area (Å²) in [6.07, 6.45) is 4.07. The Morgan fingerprint density at radius 1 is 1.05 bits per heavy atom. The average Bonchev–Trinajstić information content (AvgIpc) is 2.40. The first-order valence-electron chi connectivity index (χ1n) is 6.89. The van der Waals surface area contributed by atoms with Crippen LogP contribution in [-0.2, 0) is 20.7 Å². The third kappa shape index (κ3) is 6.18. The minimum atomic E-state index is -0.693. The molecule has 104 valence electrons. The van der Waals surface area contributed by atoms with E-state index in [2.05, 4.69) is 35.9 Å². The van der Waals surface area contributed by atoms with Gasteiger partial charge in [0, 0.05) is 6.42 Å². The molecular weight excluding hydrogens is 240 g/mol. The van der Waals surface area contributed by atoms with Gasteiger partial charge >= 0.3 is 5.97 Å². The smallest absolute Gasteiger partial charge is 0.374 e. The highest BCUT2D eigenvalue weighted by molar-refractivity contribution is 6.33. The van der Waals surface area contributed by atoms with Crippen LogP contribution in [0.4, 0.5) is 0 Å². The Bertz CT molecular complexity index is 407. The normalized spacial score (nSPS) is 10.2. The Hall–Kier alpha value is -1.64. The Labute approximate surface area is 115 Å². The van der Waals surface area contributed by atoms with Crippen LogP contribution in [0.5, 0.6) is 0 Å². The number of ether oxygens (including phenoxy) is 1. The van der Waals surface area contributed by atoms with Gasteiger partial charge in [-0.2, -0.15) is 0 Å². The largest absolute Gasteiger partial charge is 0.460 e. The van der Waals surface area contributed by atoms with Crippen LogP contribution in [0.1, 0.15) is 43.7 Å². The number of aryl methyl sites for hydroxylation is 2. The SMILES string of the molecule is CCOC(=O)C(=O)CCCCCc1ccc(C)cc1. The Balaban J connectivity index is 2.13. The van der Waals surface area contributed by atoms with Crippen molar-refractivity contribution in [1.82, 2.24) is 0 Å². The van der Waals surface area contributed by atoms with Gasteiger partial charge in [-0.05, 0) is 38.7 Å². The maximum Gasteiger partial charge on any atom is 0.374 e. The molecule has 0 radical (unpaired) electrons. The molecule has 0 heterocycles. The summed E-state index contributed by atoms with van der Waals surface area (Å²) in [5.74, 6) is -1.10. The van der Waals surface area contributed by atoms with Crippen LogP contribution in [0, 0.1) is 6.92 Å². The lowest BCUT2D eigenvalue weighted by molar-refractivity contribution is -0.153. The maximum atomic E-state index is 11.3. The minimum Gasteiger partial charge on any atom is -0.460 e. The van der Waals surface area contributed by atoms with Crippen molar-refractivity contribution in [1.29, 1.82) is 0 Å². The van der Waals surface area contributed by atoms with Gasteiger partial charge in [0.05, 0.1) is 6.61 Å². The fraction of sp³-hybridized carbons (Fsp3) is 0.500. The van der Waals surface area contributed by atoms with Gasteiger partial charge in [0.25, 0.3) is 0 Å². The summed E-state index contributed by atoms with van der Waals surface area (Å²) in [5, 5.41) is 0. The third-order valence-corrected chi connectivity index (χ3v) is 2.99. The molecule has 1 rings (SSSR count). The van der Waals surface area contributed by atoms with Gasteiger partial charge in [0.2, 0.25) is 5.78 Å². The zero-order valence-electron chi connectivity index (χ0n) is 11.8. The highest BCUT2D eigenvalue weighted by Crippen LogP contribution is 2.09.